The second kappa shape index (κ2) is 4.56. The van der Waals surface area contributed by atoms with Crippen LogP contribution in [0.3, 0.4) is 0 Å². The quantitative estimate of drug-likeness (QED) is 0.455. The molecule has 11 heteroatoms. The minimum Gasteiger partial charge on any atom is -0.382 e. The number of hydrogen-bond acceptors (Lipinski definition) is 7. The Morgan fingerprint density at radius 2 is 1.84 bits per heavy atom. The number of aromatic amines is 2. The first kappa shape index (κ1) is 12.2. The van der Waals surface area contributed by atoms with Gasteiger partial charge in [-0.25, -0.2) is 4.98 Å². The second-order valence-corrected chi connectivity index (χ2v) is 3.35. The first-order valence-corrected chi connectivity index (χ1v) is 4.89. The molecule has 11 nitrogen and oxygen atoms in total. The molecular weight excluding hydrogens is 254 g/mol. The van der Waals surface area contributed by atoms with Gasteiger partial charge in [-0.2, -0.15) is 4.98 Å². The predicted molar refractivity (Wildman–Crippen MR) is 62.8 cm³/mol. The maximum atomic E-state index is 11.0. The number of azo groups is 1. The number of nitrogens with one attached hydrogen (secondary N) is 2. The average Bonchev–Trinajstić information content (AvgIpc) is 2.92. The molecule has 0 radical (unpaired) electrons. The molecule has 0 aliphatic heterocycles. The summed E-state index contributed by atoms with van der Waals surface area (Å²) in [5.41, 5.74) is 15.5. The summed E-state index contributed by atoms with van der Waals surface area (Å²) >= 11 is 0. The molecule has 0 spiro atoms. The van der Waals surface area contributed by atoms with Crippen molar-refractivity contribution in [3.8, 4) is 0 Å². The number of carbonyl (C=O) groups excluding carboxylic acids is 2. The van der Waals surface area contributed by atoms with Crippen molar-refractivity contribution in [3.63, 3.8) is 0 Å². The van der Waals surface area contributed by atoms with Gasteiger partial charge in [-0.3, -0.25) is 9.59 Å². The fraction of sp³-hybridized carbons (Fsp3) is 0. The van der Waals surface area contributed by atoms with E-state index in [9.17, 15) is 9.59 Å². The molecule has 0 bridgehead atoms. The van der Waals surface area contributed by atoms with Crippen LogP contribution in [0, 0.1) is 0 Å². The van der Waals surface area contributed by atoms with E-state index in [-0.39, 0.29) is 29.0 Å². The van der Waals surface area contributed by atoms with Crippen molar-refractivity contribution >= 4 is 29.4 Å². The molecular formula is C8H9N9O2. The minimum atomic E-state index is -0.774. The number of carbonyl (C=O) groups is 2. The van der Waals surface area contributed by atoms with E-state index in [1.807, 2.05) is 0 Å². The van der Waals surface area contributed by atoms with Gasteiger partial charge in [-0.1, -0.05) is 0 Å². The number of rotatable bonds is 4. The molecule has 2 aromatic heterocycles. The monoisotopic (exact) mass is 263 g/mol. The summed E-state index contributed by atoms with van der Waals surface area (Å²) in [4.78, 5) is 34.3. The summed E-state index contributed by atoms with van der Waals surface area (Å²) in [5.74, 6) is -1.67. The first-order valence-electron chi connectivity index (χ1n) is 4.89. The van der Waals surface area contributed by atoms with Crippen molar-refractivity contribution in [2.45, 2.75) is 0 Å². The van der Waals surface area contributed by atoms with Crippen LogP contribution in [0.4, 0.5) is 17.6 Å². The third-order valence-electron chi connectivity index (χ3n) is 2.07. The highest BCUT2D eigenvalue weighted by Gasteiger charge is 2.13. The first-order chi connectivity index (χ1) is 8.99. The molecule has 0 fully saturated rings. The molecule has 2 rings (SSSR count). The molecule has 2 heterocycles. The van der Waals surface area contributed by atoms with Gasteiger partial charge in [0.2, 0.25) is 11.8 Å². The number of H-pyrrole nitrogens is 2. The van der Waals surface area contributed by atoms with E-state index in [0.29, 0.717) is 0 Å². The zero-order valence-electron chi connectivity index (χ0n) is 9.41. The SMILES string of the molecule is NC(=O)c1[nH]c(N=Nc2nc[nH]c2C(N)=O)nc1N. The van der Waals surface area contributed by atoms with Crippen LogP contribution in [-0.4, -0.2) is 31.8 Å². The summed E-state index contributed by atoms with van der Waals surface area (Å²) in [6.45, 7) is 0. The number of nitrogens with zero attached hydrogens (tertiary/aromatic N) is 4. The molecule has 0 aromatic carbocycles. The van der Waals surface area contributed by atoms with E-state index in [4.69, 9.17) is 17.2 Å². The van der Waals surface area contributed by atoms with Crippen LogP contribution in [0.1, 0.15) is 21.0 Å². The summed E-state index contributed by atoms with van der Waals surface area (Å²) in [5, 5.41) is 7.29. The van der Waals surface area contributed by atoms with Gasteiger partial charge in [-0.15, -0.1) is 10.2 Å². The highest BCUT2D eigenvalue weighted by Crippen LogP contribution is 2.18. The van der Waals surface area contributed by atoms with Gasteiger partial charge in [0.05, 0.1) is 6.33 Å². The smallest absolute Gasteiger partial charge is 0.269 e. The predicted octanol–water partition coefficient (Wildman–Crippen LogP) is -0.672. The number of primary amides is 2. The third-order valence-corrected chi connectivity index (χ3v) is 2.07. The van der Waals surface area contributed by atoms with Crippen LogP contribution in [0.5, 0.6) is 0 Å². The van der Waals surface area contributed by atoms with Gasteiger partial charge < -0.3 is 27.2 Å². The van der Waals surface area contributed by atoms with Gasteiger partial charge in [-0.05, 0) is 0 Å². The van der Waals surface area contributed by atoms with Gasteiger partial charge in [0.25, 0.3) is 11.8 Å². The number of imidazole rings is 2. The largest absolute Gasteiger partial charge is 0.382 e. The van der Waals surface area contributed by atoms with Crippen molar-refractivity contribution in [3.05, 3.63) is 17.7 Å². The zero-order chi connectivity index (χ0) is 14.0. The number of hydrogen-bond donors (Lipinski definition) is 5. The average molecular weight is 263 g/mol. The third kappa shape index (κ3) is 2.38. The Kier molecular flexibility index (Phi) is 2.93. The molecule has 0 saturated carbocycles. The van der Waals surface area contributed by atoms with Crippen LogP contribution >= 0.6 is 0 Å². The molecule has 0 aliphatic rings. The van der Waals surface area contributed by atoms with Gasteiger partial charge >= 0.3 is 0 Å². The molecule has 19 heavy (non-hydrogen) atoms. The topological polar surface area (TPSA) is 194 Å². The summed E-state index contributed by atoms with van der Waals surface area (Å²) in [7, 11) is 0. The summed E-state index contributed by atoms with van der Waals surface area (Å²) < 4.78 is 0. The molecule has 0 saturated heterocycles. The number of amides is 2. The Bertz CT molecular complexity index is 668. The lowest BCUT2D eigenvalue weighted by Gasteiger charge is -1.89. The lowest BCUT2D eigenvalue weighted by molar-refractivity contribution is 0.0988. The van der Waals surface area contributed by atoms with Gasteiger partial charge in [0.15, 0.2) is 11.5 Å². The van der Waals surface area contributed by atoms with Crippen LogP contribution in [0.2, 0.25) is 0 Å². The lowest BCUT2D eigenvalue weighted by atomic mass is 10.4. The molecule has 2 aromatic rings. The highest BCUT2D eigenvalue weighted by molar-refractivity contribution is 5.96. The van der Waals surface area contributed by atoms with Crippen LogP contribution in [-0.2, 0) is 0 Å². The molecule has 2 amide bonds. The van der Waals surface area contributed by atoms with E-state index in [0.717, 1.165) is 0 Å². The van der Waals surface area contributed by atoms with E-state index in [1.54, 1.807) is 0 Å². The zero-order valence-corrected chi connectivity index (χ0v) is 9.41. The molecule has 0 atom stereocenters. The maximum Gasteiger partial charge on any atom is 0.269 e. The molecule has 0 unspecified atom stereocenters. The Balaban J connectivity index is 2.28. The Hall–Kier alpha value is -3.24. The Morgan fingerprint density at radius 1 is 1.16 bits per heavy atom. The van der Waals surface area contributed by atoms with Crippen molar-refractivity contribution in [2.24, 2.45) is 21.7 Å². The van der Waals surface area contributed by atoms with Crippen molar-refractivity contribution in [2.75, 3.05) is 5.73 Å². The van der Waals surface area contributed by atoms with Crippen molar-refractivity contribution < 1.29 is 9.59 Å². The van der Waals surface area contributed by atoms with E-state index in [2.05, 4.69) is 30.2 Å². The van der Waals surface area contributed by atoms with Gasteiger partial charge in [0.1, 0.15) is 5.69 Å². The van der Waals surface area contributed by atoms with Crippen molar-refractivity contribution in [1.82, 2.24) is 19.9 Å². The van der Waals surface area contributed by atoms with Gasteiger partial charge in [0, 0.05) is 0 Å². The lowest BCUT2D eigenvalue weighted by Crippen LogP contribution is -2.13. The molecule has 8 N–H and O–H groups in total. The number of nitrogen functional groups attached to an aromatic ring is 1. The minimum absolute atomic E-state index is 0.00148. The van der Waals surface area contributed by atoms with E-state index < -0.39 is 11.8 Å². The second-order valence-electron chi connectivity index (χ2n) is 3.35. The fourth-order valence-electron chi connectivity index (χ4n) is 1.25. The van der Waals surface area contributed by atoms with Crippen LogP contribution < -0.4 is 17.2 Å². The van der Waals surface area contributed by atoms with Crippen LogP contribution in [0.25, 0.3) is 0 Å². The Labute approximate surface area is 105 Å². The Morgan fingerprint density at radius 3 is 2.42 bits per heavy atom. The summed E-state index contributed by atoms with van der Waals surface area (Å²) in [6.07, 6.45) is 1.24. The fourth-order valence-corrected chi connectivity index (χ4v) is 1.25. The highest BCUT2D eigenvalue weighted by atomic mass is 16.1. The van der Waals surface area contributed by atoms with Crippen molar-refractivity contribution in [1.29, 1.82) is 0 Å². The van der Waals surface area contributed by atoms with E-state index >= 15 is 0 Å². The standard InChI is InChI=1S/C8H9N9O2/c9-4-2(5(10)18)14-8(15-4)17-16-7-3(6(11)19)12-1-13-7/h1H,9H2,(H2,10,18)(H2,11,19)(H,12,13)(H,14,15). The molecule has 0 aliphatic carbocycles. The number of anilines is 1. The number of aromatic nitrogens is 4. The van der Waals surface area contributed by atoms with Crippen LogP contribution in [0.15, 0.2) is 16.6 Å². The maximum absolute atomic E-state index is 11.0. The normalized spacial score (nSPS) is 10.9. The molecule has 98 valence electrons. The van der Waals surface area contributed by atoms with E-state index in [1.165, 1.54) is 6.33 Å². The number of nitrogens with two attached hydrogens (primary N) is 3. The summed E-state index contributed by atoms with van der Waals surface area (Å²) in [6, 6.07) is 0.